The maximum atomic E-state index is 16.4. The number of aromatic amines is 1. The van der Waals surface area contributed by atoms with Crippen LogP contribution in [0.3, 0.4) is 0 Å². The van der Waals surface area contributed by atoms with E-state index in [1.807, 2.05) is 20.8 Å². The van der Waals surface area contributed by atoms with Gasteiger partial charge < -0.3 is 25.5 Å². The van der Waals surface area contributed by atoms with Crippen molar-refractivity contribution < 1.29 is 45.5 Å². The van der Waals surface area contributed by atoms with E-state index < -0.39 is 80.5 Å². The zero-order valence-corrected chi connectivity index (χ0v) is 32.4. The lowest BCUT2D eigenvalue weighted by Crippen LogP contribution is -2.37. The zero-order chi connectivity index (χ0) is 38.5. The van der Waals surface area contributed by atoms with Gasteiger partial charge in [0.1, 0.15) is 30.2 Å². The Balaban J connectivity index is 1.21. The highest BCUT2D eigenvalue weighted by molar-refractivity contribution is 8.54. The molecular formula is C27H39F2N11O9P2S2. The summed E-state index contributed by atoms with van der Waals surface area (Å²) in [4.78, 5) is 35.1. The molecule has 0 aliphatic carbocycles. The van der Waals surface area contributed by atoms with Crippen molar-refractivity contribution >= 4 is 71.5 Å². The van der Waals surface area contributed by atoms with Crippen LogP contribution in [0.2, 0.25) is 0 Å². The monoisotopic (exact) mass is 825 g/mol. The third-order valence-corrected chi connectivity index (χ3v) is 14.2. The van der Waals surface area contributed by atoms with Gasteiger partial charge in [0.2, 0.25) is 5.95 Å². The predicted molar refractivity (Wildman–Crippen MR) is 192 cm³/mol. The number of anilines is 2. The van der Waals surface area contributed by atoms with Gasteiger partial charge in [-0.05, 0) is 26.7 Å². The normalized spacial score (nSPS) is 28.8. The van der Waals surface area contributed by atoms with Gasteiger partial charge >= 0.3 is 13.6 Å². The molecule has 0 radical (unpaired) electrons. The molecule has 53 heavy (non-hydrogen) atoms. The van der Waals surface area contributed by atoms with Crippen LogP contribution in [0.15, 0.2) is 23.8 Å². The Morgan fingerprint density at radius 2 is 1.70 bits per heavy atom. The van der Waals surface area contributed by atoms with Crippen LogP contribution >= 0.6 is 37.4 Å². The predicted octanol–water partition coefficient (Wildman–Crippen LogP) is 4.01. The number of nitrogens with two attached hydrogens (primary N) is 2. The first-order valence-electron chi connectivity index (χ1n) is 16.2. The van der Waals surface area contributed by atoms with Crippen molar-refractivity contribution in [2.24, 2.45) is 0 Å². The Hall–Kier alpha value is -2.76. The molecule has 0 aromatic carbocycles. The fourth-order valence-corrected chi connectivity index (χ4v) is 10.2. The molecule has 10 atom stereocenters. The molecule has 6 rings (SSSR count). The summed E-state index contributed by atoms with van der Waals surface area (Å²) >= 11 is 4.69. The molecule has 2 fully saturated rings. The summed E-state index contributed by atoms with van der Waals surface area (Å²) in [6.07, 6.45) is -7.59. The van der Waals surface area contributed by atoms with Crippen molar-refractivity contribution in [2.75, 3.05) is 25.2 Å². The van der Waals surface area contributed by atoms with Crippen molar-refractivity contribution in [3.05, 3.63) is 29.3 Å². The van der Waals surface area contributed by atoms with Gasteiger partial charge in [-0.25, -0.2) is 42.6 Å². The first kappa shape index (κ1) is 39.9. The maximum absolute atomic E-state index is 16.4. The number of nitrogens with zero attached hydrogens (tertiary/aromatic N) is 7. The molecule has 292 valence electrons. The third kappa shape index (κ3) is 7.99. The molecule has 0 saturated carbocycles. The van der Waals surface area contributed by atoms with Gasteiger partial charge in [0.05, 0.1) is 25.4 Å². The number of thiol groups is 1. The Kier molecular flexibility index (Phi) is 11.6. The fraction of sp³-hybridized carbons (Fsp3) is 0.630. The lowest BCUT2D eigenvalue weighted by Gasteiger charge is -2.30. The summed E-state index contributed by atoms with van der Waals surface area (Å²) < 4.78 is 99.1. The molecule has 0 unspecified atom stereocenters. The summed E-state index contributed by atoms with van der Waals surface area (Å²) in [5.41, 5.74) is 10.7. The number of halogens is 2. The first-order chi connectivity index (χ1) is 25.0. The molecule has 4 aromatic rings. The molecule has 0 bridgehead atoms. The van der Waals surface area contributed by atoms with Crippen molar-refractivity contribution in [1.29, 1.82) is 0 Å². The smallest absolute Gasteiger partial charge is 0.382 e. The van der Waals surface area contributed by atoms with E-state index in [0.717, 1.165) is 13.4 Å². The number of H-pyrrole nitrogens is 1. The molecule has 26 heteroatoms. The van der Waals surface area contributed by atoms with Crippen LogP contribution in [0.25, 0.3) is 22.3 Å². The second-order valence-corrected chi connectivity index (χ2v) is 19.2. The van der Waals surface area contributed by atoms with Gasteiger partial charge in [0.25, 0.3) is 5.56 Å². The molecule has 2 aliphatic heterocycles. The summed E-state index contributed by atoms with van der Waals surface area (Å²) in [7, 11) is 1.14. The van der Waals surface area contributed by atoms with Crippen LogP contribution in [0, 0.1) is 0 Å². The van der Waals surface area contributed by atoms with Crippen LogP contribution in [0.5, 0.6) is 0 Å². The molecule has 20 nitrogen and oxygen atoms in total. The quantitative estimate of drug-likeness (QED) is 0.0644. The fourth-order valence-electron chi connectivity index (χ4n) is 5.67. The number of nitrogen functional groups attached to an aromatic ring is 2. The number of aromatic nitrogens is 8. The van der Waals surface area contributed by atoms with Gasteiger partial charge in [-0.1, -0.05) is 26.1 Å². The van der Waals surface area contributed by atoms with E-state index in [4.69, 9.17) is 39.0 Å². The summed E-state index contributed by atoms with van der Waals surface area (Å²) in [6, 6.07) is 0. The van der Waals surface area contributed by atoms with E-state index in [2.05, 4.69) is 46.9 Å². The molecule has 6 heterocycles. The second kappa shape index (κ2) is 15.4. The standard InChI is InChI=1S/C27H39F2N11O9P2S2/c1-6-27(4,7-2)38-53-51(43,44-5)49-19-14(28)13(47-25(19)40-11-35-17-22(40)36-26(31)37-23(17)41)8-45-50(42,52)48-18-12(3)46-24(15(18)29)39-10-34-16-20(30)32-9-33-21(16)39/h9-15,18-19,24-25,38H,6-8H2,1-5H3,(H,42,52)(H2,30,32,33)(H3,31,36,37,41)/t12-,13-,14-,15-,18-,19-,24-,25-,50-,51-/m1/s1. The Bertz CT molecular complexity index is 2110. The van der Waals surface area contributed by atoms with Gasteiger partial charge in [0.15, 0.2) is 47.4 Å². The highest BCUT2D eigenvalue weighted by Gasteiger charge is 2.53. The van der Waals surface area contributed by atoms with Gasteiger partial charge in [-0.15, -0.1) is 0 Å². The SMILES string of the molecule is CCC(C)(CC)NS[P@](=O)(OC)O[C@@H]1[C@H](F)[C@@H](CO[P@@](=O)(S)O[C@H]2[C@@H](F)[C@H](n3cnc4c(N)ncnc43)O[C@@H]2C)O[C@H]1n1cnc2c(=O)[nH]c(N)nc21. The van der Waals surface area contributed by atoms with Gasteiger partial charge in [-0.3, -0.25) is 32.5 Å². The number of fused-ring (bicyclic) bond motifs is 2. The number of nitrogens with one attached hydrogen (secondary N) is 2. The Morgan fingerprint density at radius 1 is 1.02 bits per heavy atom. The van der Waals surface area contributed by atoms with Crippen LogP contribution in [-0.2, 0) is 36.7 Å². The summed E-state index contributed by atoms with van der Waals surface area (Å²) in [5, 5.41) is 0. The largest absolute Gasteiger partial charge is 0.404 e. The van der Waals surface area contributed by atoms with E-state index in [-0.39, 0.29) is 34.1 Å². The van der Waals surface area contributed by atoms with E-state index >= 15 is 8.78 Å². The first-order valence-corrected chi connectivity index (χ1v) is 21.9. The Morgan fingerprint density at radius 3 is 2.38 bits per heavy atom. The highest BCUT2D eigenvalue weighted by atomic mass is 32.7. The van der Waals surface area contributed by atoms with E-state index in [0.29, 0.717) is 24.4 Å². The lowest BCUT2D eigenvalue weighted by molar-refractivity contribution is -0.0453. The molecule has 0 spiro atoms. The summed E-state index contributed by atoms with van der Waals surface area (Å²) in [5.74, 6) is -0.180. The number of alkyl halides is 2. The zero-order valence-electron chi connectivity index (χ0n) is 28.9. The number of imidazole rings is 2. The number of hydrogen-bond acceptors (Lipinski definition) is 18. The van der Waals surface area contributed by atoms with E-state index in [1.165, 1.54) is 28.7 Å². The third-order valence-electron chi connectivity index (χ3n) is 9.15. The average molecular weight is 826 g/mol. The minimum Gasteiger partial charge on any atom is -0.382 e. The highest BCUT2D eigenvalue weighted by Crippen LogP contribution is 2.62. The van der Waals surface area contributed by atoms with Crippen LogP contribution in [0.4, 0.5) is 20.5 Å². The summed E-state index contributed by atoms with van der Waals surface area (Å²) in [6.45, 7) is -2.11. The van der Waals surface area contributed by atoms with Crippen molar-refractivity contribution in [2.45, 2.75) is 95.3 Å². The van der Waals surface area contributed by atoms with Crippen LogP contribution in [-0.4, -0.2) is 95.1 Å². The van der Waals surface area contributed by atoms with Crippen molar-refractivity contribution in [1.82, 2.24) is 43.8 Å². The molecule has 2 aliphatic rings. The number of rotatable bonds is 15. The number of hydrogen-bond donors (Lipinski definition) is 5. The molecular weight excluding hydrogens is 786 g/mol. The van der Waals surface area contributed by atoms with Crippen LogP contribution < -0.4 is 21.7 Å². The minimum atomic E-state index is -4.46. The lowest BCUT2D eigenvalue weighted by atomic mass is 9.98. The second-order valence-electron chi connectivity index (χ2n) is 12.5. The average Bonchev–Trinajstić information content (AvgIpc) is 3.88. The molecule has 2 saturated heterocycles. The van der Waals surface area contributed by atoms with Crippen molar-refractivity contribution in [3.8, 4) is 0 Å². The Labute approximate surface area is 309 Å². The maximum Gasteiger partial charge on any atom is 0.404 e. The number of ether oxygens (including phenoxy) is 2. The van der Waals surface area contributed by atoms with Crippen LogP contribution in [0.1, 0.15) is 53.0 Å². The molecule has 6 N–H and O–H groups in total. The van der Waals surface area contributed by atoms with E-state index in [1.54, 1.807) is 0 Å². The van der Waals surface area contributed by atoms with Crippen molar-refractivity contribution in [3.63, 3.8) is 0 Å². The van der Waals surface area contributed by atoms with Gasteiger partial charge in [-0.2, -0.15) is 4.98 Å². The minimum absolute atomic E-state index is 0.0816. The van der Waals surface area contributed by atoms with E-state index in [9.17, 15) is 13.9 Å². The topological polar surface area (TPSA) is 261 Å². The molecule has 4 aromatic heterocycles. The van der Waals surface area contributed by atoms with Gasteiger partial charge in [0, 0.05) is 24.2 Å². The molecule has 0 amide bonds.